The average Bonchev–Trinajstić information content (AvgIpc) is 2.17. The summed E-state index contributed by atoms with van der Waals surface area (Å²) in [7, 11) is 0. The fourth-order valence-corrected chi connectivity index (χ4v) is 0.950. The van der Waals surface area contributed by atoms with Gasteiger partial charge in [-0.25, -0.2) is 0 Å². The Morgan fingerprint density at radius 2 is 1.69 bits per heavy atom. The summed E-state index contributed by atoms with van der Waals surface area (Å²) in [4.78, 5) is 10.9. The van der Waals surface area contributed by atoms with Crippen LogP contribution in [0, 0.1) is 0 Å². The van der Waals surface area contributed by atoms with Gasteiger partial charge in [0.1, 0.15) is 5.84 Å². The van der Waals surface area contributed by atoms with E-state index in [-0.39, 0.29) is 11.6 Å². The maximum Gasteiger partial charge on any atom is 0.159 e. The number of amidine groups is 1. The average molecular weight is 177 g/mol. The predicted molar refractivity (Wildman–Crippen MR) is 51.4 cm³/mol. The van der Waals surface area contributed by atoms with Crippen molar-refractivity contribution in [2.24, 2.45) is 16.7 Å². The van der Waals surface area contributed by atoms with E-state index in [1.54, 1.807) is 24.3 Å². The third-order valence-corrected chi connectivity index (χ3v) is 1.73. The number of Topliss-reactive ketones (excluding diaryl/α,β-unsaturated/α-hetero) is 1. The first-order valence-electron chi connectivity index (χ1n) is 3.80. The molecule has 1 aromatic carbocycles. The van der Waals surface area contributed by atoms with E-state index >= 15 is 0 Å². The summed E-state index contributed by atoms with van der Waals surface area (Å²) < 4.78 is 0. The first-order chi connectivity index (χ1) is 6.15. The van der Waals surface area contributed by atoms with Gasteiger partial charge in [-0.3, -0.25) is 4.79 Å². The normalized spacial score (nSPS) is 11.3. The smallest absolute Gasteiger partial charge is 0.159 e. The van der Waals surface area contributed by atoms with Crippen molar-refractivity contribution < 1.29 is 4.79 Å². The molecule has 68 valence electrons. The molecule has 0 aliphatic carbocycles. The third-order valence-electron chi connectivity index (χ3n) is 1.73. The first kappa shape index (κ1) is 9.25. The van der Waals surface area contributed by atoms with E-state index in [1.165, 1.54) is 6.92 Å². The number of nitrogens with two attached hydrogens (primary N) is 2. The Morgan fingerprint density at radius 3 is 2.08 bits per heavy atom. The van der Waals surface area contributed by atoms with Gasteiger partial charge in [0.05, 0.1) is 0 Å². The summed E-state index contributed by atoms with van der Waals surface area (Å²) >= 11 is 0. The second-order valence-corrected chi connectivity index (χ2v) is 2.65. The van der Waals surface area contributed by atoms with E-state index in [0.29, 0.717) is 11.1 Å². The Bertz CT molecular complexity index is 340. The highest BCUT2D eigenvalue weighted by Crippen LogP contribution is 2.04. The third kappa shape index (κ3) is 2.05. The van der Waals surface area contributed by atoms with Crippen molar-refractivity contribution >= 4 is 11.6 Å². The molecule has 4 nitrogen and oxygen atoms in total. The molecule has 0 saturated carbocycles. The van der Waals surface area contributed by atoms with Gasteiger partial charge in [0.25, 0.3) is 0 Å². The predicted octanol–water partition coefficient (Wildman–Crippen LogP) is 0.468. The summed E-state index contributed by atoms with van der Waals surface area (Å²) in [6, 6.07) is 6.80. The van der Waals surface area contributed by atoms with E-state index in [9.17, 15) is 4.79 Å². The lowest BCUT2D eigenvalue weighted by Crippen LogP contribution is -2.15. The van der Waals surface area contributed by atoms with Crippen LogP contribution in [0.5, 0.6) is 0 Å². The molecule has 1 aromatic rings. The van der Waals surface area contributed by atoms with Crippen LogP contribution in [0.3, 0.4) is 0 Å². The number of hydrogen-bond donors (Lipinski definition) is 2. The monoisotopic (exact) mass is 177 g/mol. The number of ketones is 1. The SMILES string of the molecule is CC(=O)c1ccc(/C(N)=N/N)cc1. The lowest BCUT2D eigenvalue weighted by Gasteiger charge is -1.99. The number of rotatable bonds is 2. The molecule has 0 unspecified atom stereocenters. The van der Waals surface area contributed by atoms with Gasteiger partial charge >= 0.3 is 0 Å². The number of benzene rings is 1. The van der Waals surface area contributed by atoms with Crippen molar-refractivity contribution in [1.82, 2.24) is 0 Å². The van der Waals surface area contributed by atoms with Crippen molar-refractivity contribution in [1.29, 1.82) is 0 Å². The van der Waals surface area contributed by atoms with Gasteiger partial charge in [-0.05, 0) is 6.92 Å². The van der Waals surface area contributed by atoms with E-state index in [4.69, 9.17) is 11.6 Å². The van der Waals surface area contributed by atoms with Crippen LogP contribution in [0.4, 0.5) is 0 Å². The van der Waals surface area contributed by atoms with Gasteiger partial charge in [-0.15, -0.1) is 0 Å². The highest BCUT2D eigenvalue weighted by molar-refractivity contribution is 5.99. The van der Waals surface area contributed by atoms with E-state index in [2.05, 4.69) is 5.10 Å². The zero-order valence-electron chi connectivity index (χ0n) is 7.32. The maximum absolute atomic E-state index is 10.9. The fraction of sp³-hybridized carbons (Fsp3) is 0.111. The minimum atomic E-state index is 0.0230. The highest BCUT2D eigenvalue weighted by Gasteiger charge is 2.00. The quantitative estimate of drug-likeness (QED) is 0.226. The van der Waals surface area contributed by atoms with Crippen molar-refractivity contribution in [3.63, 3.8) is 0 Å². The van der Waals surface area contributed by atoms with E-state index in [0.717, 1.165) is 0 Å². The van der Waals surface area contributed by atoms with Crippen LogP contribution < -0.4 is 11.6 Å². The van der Waals surface area contributed by atoms with Crippen LogP contribution in [0.15, 0.2) is 29.4 Å². The van der Waals surface area contributed by atoms with E-state index in [1.807, 2.05) is 0 Å². The molecule has 4 N–H and O–H groups in total. The van der Waals surface area contributed by atoms with Gasteiger partial charge in [-0.1, -0.05) is 24.3 Å². The number of nitrogens with zero attached hydrogens (tertiary/aromatic N) is 1. The maximum atomic E-state index is 10.9. The zero-order chi connectivity index (χ0) is 9.84. The van der Waals surface area contributed by atoms with Gasteiger partial charge in [0, 0.05) is 11.1 Å². The summed E-state index contributed by atoms with van der Waals surface area (Å²) in [6.07, 6.45) is 0. The zero-order valence-corrected chi connectivity index (χ0v) is 7.32. The largest absolute Gasteiger partial charge is 0.382 e. The fourth-order valence-electron chi connectivity index (χ4n) is 0.950. The molecule has 0 atom stereocenters. The minimum Gasteiger partial charge on any atom is -0.382 e. The number of carbonyl (C=O) groups is 1. The molecule has 0 spiro atoms. The Labute approximate surface area is 76.2 Å². The number of carbonyl (C=O) groups excluding carboxylic acids is 1. The second-order valence-electron chi connectivity index (χ2n) is 2.65. The molecule has 0 heterocycles. The first-order valence-corrected chi connectivity index (χ1v) is 3.80. The molecule has 1 rings (SSSR count). The minimum absolute atomic E-state index is 0.0230. The molecule has 4 heteroatoms. The number of hydrogen-bond acceptors (Lipinski definition) is 3. The Morgan fingerprint density at radius 1 is 1.23 bits per heavy atom. The van der Waals surface area contributed by atoms with Crippen molar-refractivity contribution in [2.75, 3.05) is 0 Å². The van der Waals surface area contributed by atoms with Crippen LogP contribution in [-0.4, -0.2) is 11.6 Å². The molecule has 0 radical (unpaired) electrons. The molecule has 0 aliphatic rings. The summed E-state index contributed by atoms with van der Waals surface area (Å²) in [5, 5.41) is 3.34. The van der Waals surface area contributed by atoms with Crippen LogP contribution in [0.2, 0.25) is 0 Å². The molecular weight excluding hydrogens is 166 g/mol. The van der Waals surface area contributed by atoms with Gasteiger partial charge < -0.3 is 11.6 Å². The van der Waals surface area contributed by atoms with E-state index < -0.39 is 0 Å². The van der Waals surface area contributed by atoms with Crippen LogP contribution in [-0.2, 0) is 0 Å². The lowest BCUT2D eigenvalue weighted by atomic mass is 10.1. The molecule has 0 fully saturated rings. The van der Waals surface area contributed by atoms with Crippen LogP contribution >= 0.6 is 0 Å². The lowest BCUT2D eigenvalue weighted by molar-refractivity contribution is 0.101. The Hall–Kier alpha value is -1.84. The van der Waals surface area contributed by atoms with Crippen molar-refractivity contribution in [3.05, 3.63) is 35.4 Å². The summed E-state index contributed by atoms with van der Waals surface area (Å²) in [6.45, 7) is 1.51. The van der Waals surface area contributed by atoms with Crippen molar-refractivity contribution in [3.8, 4) is 0 Å². The van der Waals surface area contributed by atoms with Crippen LogP contribution in [0.1, 0.15) is 22.8 Å². The number of hydrazone groups is 1. The second kappa shape index (κ2) is 3.71. The van der Waals surface area contributed by atoms with Crippen LogP contribution in [0.25, 0.3) is 0 Å². The molecule has 0 aromatic heterocycles. The van der Waals surface area contributed by atoms with Crippen molar-refractivity contribution in [2.45, 2.75) is 6.92 Å². The Balaban J connectivity index is 3.00. The molecule has 0 saturated heterocycles. The van der Waals surface area contributed by atoms with Gasteiger partial charge in [0.2, 0.25) is 0 Å². The summed E-state index contributed by atoms with van der Waals surface area (Å²) in [5.41, 5.74) is 6.82. The summed E-state index contributed by atoms with van der Waals surface area (Å²) in [5.74, 6) is 5.28. The highest BCUT2D eigenvalue weighted by atomic mass is 16.1. The molecule has 0 aliphatic heterocycles. The molecular formula is C9H11N3O. The molecule has 13 heavy (non-hydrogen) atoms. The van der Waals surface area contributed by atoms with Gasteiger partial charge in [0.15, 0.2) is 5.78 Å². The topological polar surface area (TPSA) is 81.5 Å². The molecule has 0 amide bonds. The molecule has 0 bridgehead atoms. The standard InChI is InChI=1S/C9H11N3O/c1-6(13)7-2-4-8(5-3-7)9(10)12-11/h2-5H,11H2,1H3,(H2,10,12). The Kier molecular flexibility index (Phi) is 2.64. The van der Waals surface area contributed by atoms with Gasteiger partial charge in [-0.2, -0.15) is 5.10 Å².